The molecule has 7 nitrogen and oxygen atoms in total. The van der Waals surface area contributed by atoms with E-state index in [0.717, 1.165) is 44.1 Å². The maximum Gasteiger partial charge on any atom is 0.243 e. The molecular weight excluding hydrogens is 338 g/mol. The van der Waals surface area contributed by atoms with E-state index in [1.165, 1.54) is 11.3 Å². The van der Waals surface area contributed by atoms with E-state index < -0.39 is 0 Å². The molecule has 0 radical (unpaired) electrons. The van der Waals surface area contributed by atoms with Crippen molar-refractivity contribution in [2.45, 2.75) is 57.9 Å². The number of nitrogens with one attached hydrogen (secondary N) is 1. The Labute approximate surface area is 151 Å². The highest BCUT2D eigenvalue weighted by molar-refractivity contribution is 7.13. The molecule has 0 aliphatic carbocycles. The van der Waals surface area contributed by atoms with Crippen molar-refractivity contribution in [1.82, 2.24) is 20.0 Å². The van der Waals surface area contributed by atoms with E-state index in [1.54, 1.807) is 6.20 Å². The van der Waals surface area contributed by atoms with Gasteiger partial charge in [0.05, 0.1) is 6.04 Å². The zero-order valence-corrected chi connectivity index (χ0v) is 15.8. The number of carbonyl (C=O) groups is 1. The molecule has 0 bridgehead atoms. The number of amides is 1. The number of piperidine rings is 1. The molecule has 0 unspecified atom stereocenters. The lowest BCUT2D eigenvalue weighted by molar-refractivity contribution is -0.121. The van der Waals surface area contributed by atoms with Crippen LogP contribution in [0.15, 0.2) is 16.1 Å². The Hall–Kier alpha value is -1.80. The number of aromatic nitrogens is 3. The van der Waals surface area contributed by atoms with Crippen molar-refractivity contribution < 1.29 is 9.32 Å². The first-order chi connectivity index (χ1) is 12.1. The number of nitrogens with zero attached hydrogens (tertiary/aromatic N) is 4. The van der Waals surface area contributed by atoms with Crippen LogP contribution in [-0.4, -0.2) is 45.1 Å². The van der Waals surface area contributed by atoms with E-state index in [2.05, 4.69) is 39.2 Å². The van der Waals surface area contributed by atoms with E-state index >= 15 is 0 Å². The van der Waals surface area contributed by atoms with Crippen molar-refractivity contribution >= 4 is 22.4 Å². The van der Waals surface area contributed by atoms with Gasteiger partial charge in [0, 0.05) is 23.4 Å². The first-order valence-corrected chi connectivity index (χ1v) is 9.74. The SMILES string of the molecule is CC[C@@H](C(=O)Nc1nccs1)N1CCC(c2nc(C(C)C)no2)CC1. The van der Waals surface area contributed by atoms with Gasteiger partial charge >= 0.3 is 0 Å². The summed E-state index contributed by atoms with van der Waals surface area (Å²) in [5, 5.41) is 9.49. The minimum atomic E-state index is -0.126. The molecule has 1 fully saturated rings. The molecule has 8 heteroatoms. The summed E-state index contributed by atoms with van der Waals surface area (Å²) in [6.45, 7) is 7.88. The van der Waals surface area contributed by atoms with Crippen LogP contribution >= 0.6 is 11.3 Å². The van der Waals surface area contributed by atoms with E-state index in [1.807, 2.05) is 12.3 Å². The number of rotatable bonds is 6. The van der Waals surface area contributed by atoms with Crippen LogP contribution in [0.25, 0.3) is 0 Å². The summed E-state index contributed by atoms with van der Waals surface area (Å²) < 4.78 is 5.44. The minimum Gasteiger partial charge on any atom is -0.339 e. The average molecular weight is 363 g/mol. The Morgan fingerprint density at radius 2 is 2.20 bits per heavy atom. The summed E-state index contributed by atoms with van der Waals surface area (Å²) in [6, 6.07) is -0.126. The predicted octanol–water partition coefficient (Wildman–Crippen LogP) is 3.25. The van der Waals surface area contributed by atoms with Crippen LogP contribution in [0.4, 0.5) is 5.13 Å². The highest BCUT2D eigenvalue weighted by Crippen LogP contribution is 2.29. The van der Waals surface area contributed by atoms with Crippen molar-refractivity contribution in [2.75, 3.05) is 18.4 Å². The molecule has 1 aliphatic rings. The summed E-state index contributed by atoms with van der Waals surface area (Å²) >= 11 is 1.44. The van der Waals surface area contributed by atoms with Crippen LogP contribution in [0.2, 0.25) is 0 Å². The highest BCUT2D eigenvalue weighted by atomic mass is 32.1. The van der Waals surface area contributed by atoms with Crippen LogP contribution in [0, 0.1) is 0 Å². The minimum absolute atomic E-state index is 0.0239. The van der Waals surface area contributed by atoms with Gasteiger partial charge in [-0.05, 0) is 32.4 Å². The molecule has 1 amide bonds. The van der Waals surface area contributed by atoms with Gasteiger partial charge < -0.3 is 9.84 Å². The summed E-state index contributed by atoms with van der Waals surface area (Å²) in [7, 11) is 0. The van der Waals surface area contributed by atoms with Crippen molar-refractivity contribution in [2.24, 2.45) is 0 Å². The standard InChI is InChI=1S/C17H25N5O2S/c1-4-13(15(23)20-17-18-7-10-25-17)22-8-5-12(6-9-22)16-19-14(11(2)3)21-24-16/h7,10-13H,4-6,8-9H2,1-3H3,(H,18,20,23)/t13-/m0/s1. The molecular formula is C17H25N5O2S. The van der Waals surface area contributed by atoms with E-state index in [-0.39, 0.29) is 23.8 Å². The smallest absolute Gasteiger partial charge is 0.243 e. The summed E-state index contributed by atoms with van der Waals surface area (Å²) in [6.07, 6.45) is 4.34. The lowest BCUT2D eigenvalue weighted by atomic mass is 9.95. The van der Waals surface area contributed by atoms with Crippen LogP contribution in [-0.2, 0) is 4.79 Å². The maximum atomic E-state index is 12.5. The summed E-state index contributed by atoms with van der Waals surface area (Å²) in [5.74, 6) is 2.10. The van der Waals surface area contributed by atoms with Gasteiger partial charge in [-0.2, -0.15) is 4.98 Å². The van der Waals surface area contributed by atoms with Crippen molar-refractivity contribution in [3.05, 3.63) is 23.3 Å². The lowest BCUT2D eigenvalue weighted by Crippen LogP contribution is -2.47. The molecule has 3 heterocycles. The Kier molecular flexibility index (Phi) is 5.80. The third kappa shape index (κ3) is 4.24. The fourth-order valence-corrected chi connectivity index (χ4v) is 3.72. The third-order valence-corrected chi connectivity index (χ3v) is 5.33. The Morgan fingerprint density at radius 1 is 1.44 bits per heavy atom. The number of hydrogen-bond acceptors (Lipinski definition) is 7. The number of carbonyl (C=O) groups excluding carboxylic acids is 1. The third-order valence-electron chi connectivity index (χ3n) is 4.65. The van der Waals surface area contributed by atoms with Gasteiger partial charge in [0.2, 0.25) is 11.8 Å². The molecule has 2 aromatic rings. The summed E-state index contributed by atoms with van der Waals surface area (Å²) in [4.78, 5) is 23.4. The molecule has 1 atom stereocenters. The van der Waals surface area contributed by atoms with Gasteiger partial charge in [0.15, 0.2) is 11.0 Å². The zero-order valence-electron chi connectivity index (χ0n) is 14.9. The first kappa shape index (κ1) is 18.0. The van der Waals surface area contributed by atoms with Crippen molar-refractivity contribution in [3.63, 3.8) is 0 Å². The van der Waals surface area contributed by atoms with E-state index in [9.17, 15) is 4.79 Å². The molecule has 0 spiro atoms. The van der Waals surface area contributed by atoms with Crippen LogP contribution in [0.5, 0.6) is 0 Å². The van der Waals surface area contributed by atoms with Gasteiger partial charge in [0.1, 0.15) is 0 Å². The number of anilines is 1. The Bertz CT molecular complexity index is 677. The topological polar surface area (TPSA) is 84.2 Å². The molecule has 136 valence electrons. The second-order valence-corrected chi connectivity index (χ2v) is 7.60. The Morgan fingerprint density at radius 3 is 2.76 bits per heavy atom. The van der Waals surface area contributed by atoms with Gasteiger partial charge in [-0.1, -0.05) is 25.9 Å². The van der Waals surface area contributed by atoms with Gasteiger partial charge in [0.25, 0.3) is 0 Å². The van der Waals surface area contributed by atoms with Crippen molar-refractivity contribution in [1.29, 1.82) is 0 Å². The average Bonchev–Trinajstić information content (AvgIpc) is 3.27. The lowest BCUT2D eigenvalue weighted by Gasteiger charge is -2.35. The van der Waals surface area contributed by atoms with Gasteiger partial charge in [-0.15, -0.1) is 11.3 Å². The number of likely N-dealkylation sites (tertiary alicyclic amines) is 1. The molecule has 0 aromatic carbocycles. The monoisotopic (exact) mass is 363 g/mol. The Balaban J connectivity index is 1.57. The van der Waals surface area contributed by atoms with Gasteiger partial charge in [-0.25, -0.2) is 4.98 Å². The molecule has 1 saturated heterocycles. The van der Waals surface area contributed by atoms with Crippen LogP contribution in [0.3, 0.4) is 0 Å². The van der Waals surface area contributed by atoms with Crippen LogP contribution < -0.4 is 5.32 Å². The fraction of sp³-hybridized carbons (Fsp3) is 0.647. The molecule has 1 aliphatic heterocycles. The fourth-order valence-electron chi connectivity index (χ4n) is 3.19. The molecule has 3 rings (SSSR count). The highest BCUT2D eigenvalue weighted by Gasteiger charge is 2.31. The van der Waals surface area contributed by atoms with Gasteiger partial charge in [-0.3, -0.25) is 9.69 Å². The second kappa shape index (κ2) is 8.05. The second-order valence-electron chi connectivity index (χ2n) is 6.71. The summed E-state index contributed by atoms with van der Waals surface area (Å²) in [5.41, 5.74) is 0. The number of thiazole rings is 1. The van der Waals surface area contributed by atoms with Crippen LogP contribution in [0.1, 0.15) is 63.6 Å². The zero-order chi connectivity index (χ0) is 17.8. The maximum absolute atomic E-state index is 12.5. The normalized spacial score (nSPS) is 17.8. The largest absolute Gasteiger partial charge is 0.339 e. The van der Waals surface area contributed by atoms with E-state index in [4.69, 9.17) is 4.52 Å². The molecule has 1 N–H and O–H groups in total. The quantitative estimate of drug-likeness (QED) is 0.848. The van der Waals surface area contributed by atoms with E-state index in [0.29, 0.717) is 5.13 Å². The molecule has 25 heavy (non-hydrogen) atoms. The molecule has 0 saturated carbocycles. The van der Waals surface area contributed by atoms with Crippen molar-refractivity contribution in [3.8, 4) is 0 Å². The number of hydrogen-bond donors (Lipinski definition) is 1. The predicted molar refractivity (Wildman–Crippen MR) is 96.8 cm³/mol. The molecule has 2 aromatic heterocycles. The first-order valence-electron chi connectivity index (χ1n) is 8.86.